The molecule has 2 fully saturated rings. The Morgan fingerprint density at radius 1 is 1.38 bits per heavy atom. The normalized spacial score (nSPS) is 26.9. The summed E-state index contributed by atoms with van der Waals surface area (Å²) in [5.41, 5.74) is 0.955. The van der Waals surface area contributed by atoms with Gasteiger partial charge in [0.1, 0.15) is 5.54 Å². The average Bonchev–Trinajstić information content (AvgIpc) is 3.13. The second kappa shape index (κ2) is 6.42. The summed E-state index contributed by atoms with van der Waals surface area (Å²) in [6.45, 7) is 4.07. The van der Waals surface area contributed by atoms with E-state index in [1.54, 1.807) is 7.11 Å². The number of methoxy groups -OCH3 is 1. The molecule has 2 saturated heterocycles. The predicted molar refractivity (Wildman–Crippen MR) is 82.2 cm³/mol. The fourth-order valence-electron chi connectivity index (χ4n) is 3.70. The molecule has 5 nitrogen and oxygen atoms in total. The van der Waals surface area contributed by atoms with Crippen molar-refractivity contribution in [3.63, 3.8) is 0 Å². The number of piperidine rings is 1. The molecule has 2 aliphatic heterocycles. The third kappa shape index (κ3) is 2.84. The lowest BCUT2D eigenvalue weighted by atomic mass is 9.85. The van der Waals surface area contributed by atoms with Crippen LogP contribution in [-0.2, 0) is 16.1 Å². The third-order valence-corrected chi connectivity index (χ3v) is 5.38. The van der Waals surface area contributed by atoms with Gasteiger partial charge in [-0.15, -0.1) is 0 Å². The lowest BCUT2D eigenvalue weighted by molar-refractivity contribution is -0.148. The second-order valence-corrected chi connectivity index (χ2v) is 6.64. The number of ether oxygens (including phenoxy) is 1. The minimum atomic E-state index is -0.270. The standard InChI is InChI=1S/C15H23N3O2S/c1-20-9-8-17-6-2-4-15(14(17)19)5-3-7-18(15)11-13-10-16-21-12-13/h10,12H,2-9,11H2,1H3. The highest BCUT2D eigenvalue weighted by Gasteiger charge is 2.50. The topological polar surface area (TPSA) is 45.7 Å². The van der Waals surface area contributed by atoms with Crippen LogP contribution >= 0.6 is 11.5 Å². The first-order chi connectivity index (χ1) is 10.3. The minimum absolute atomic E-state index is 0.270. The molecule has 21 heavy (non-hydrogen) atoms. The minimum Gasteiger partial charge on any atom is -0.383 e. The van der Waals surface area contributed by atoms with Gasteiger partial charge in [-0.1, -0.05) is 0 Å². The van der Waals surface area contributed by atoms with Crippen molar-refractivity contribution in [3.8, 4) is 0 Å². The summed E-state index contributed by atoms with van der Waals surface area (Å²) in [4.78, 5) is 17.4. The summed E-state index contributed by atoms with van der Waals surface area (Å²) in [6.07, 6.45) is 6.11. The Kier molecular flexibility index (Phi) is 4.57. The smallest absolute Gasteiger partial charge is 0.243 e. The van der Waals surface area contributed by atoms with Crippen LogP contribution in [0.3, 0.4) is 0 Å². The van der Waals surface area contributed by atoms with Crippen LogP contribution in [0.5, 0.6) is 0 Å². The third-order valence-electron chi connectivity index (χ3n) is 4.75. The maximum atomic E-state index is 13.0. The maximum absolute atomic E-state index is 13.0. The monoisotopic (exact) mass is 309 g/mol. The second-order valence-electron chi connectivity index (χ2n) is 5.98. The van der Waals surface area contributed by atoms with Crippen molar-refractivity contribution in [2.75, 3.05) is 33.4 Å². The largest absolute Gasteiger partial charge is 0.383 e. The van der Waals surface area contributed by atoms with Gasteiger partial charge in [-0.25, -0.2) is 4.37 Å². The zero-order valence-corrected chi connectivity index (χ0v) is 13.4. The fraction of sp³-hybridized carbons (Fsp3) is 0.733. The molecule has 0 aliphatic carbocycles. The number of nitrogens with zero attached hydrogens (tertiary/aromatic N) is 3. The zero-order valence-electron chi connectivity index (χ0n) is 12.6. The van der Waals surface area contributed by atoms with E-state index in [0.29, 0.717) is 19.1 Å². The predicted octanol–water partition coefficient (Wildman–Crippen LogP) is 1.75. The molecule has 0 saturated carbocycles. The summed E-state index contributed by atoms with van der Waals surface area (Å²) >= 11 is 1.48. The van der Waals surface area contributed by atoms with Gasteiger partial charge in [-0.2, -0.15) is 0 Å². The number of likely N-dealkylation sites (tertiary alicyclic amines) is 2. The summed E-state index contributed by atoms with van der Waals surface area (Å²) < 4.78 is 9.32. The number of amides is 1. The molecule has 0 N–H and O–H groups in total. The van der Waals surface area contributed by atoms with Crippen LogP contribution in [0.15, 0.2) is 11.6 Å². The quantitative estimate of drug-likeness (QED) is 0.831. The lowest BCUT2D eigenvalue weighted by Crippen LogP contribution is -2.60. The number of hydrogen-bond acceptors (Lipinski definition) is 5. The molecular weight excluding hydrogens is 286 g/mol. The zero-order chi connectivity index (χ0) is 14.7. The molecule has 116 valence electrons. The van der Waals surface area contributed by atoms with E-state index in [-0.39, 0.29) is 5.54 Å². The molecule has 0 radical (unpaired) electrons. The molecule has 1 unspecified atom stereocenters. The summed E-state index contributed by atoms with van der Waals surface area (Å²) in [5.74, 6) is 0.312. The summed E-state index contributed by atoms with van der Waals surface area (Å²) in [5, 5.41) is 2.09. The molecule has 1 atom stereocenters. The first-order valence-corrected chi connectivity index (χ1v) is 8.51. The van der Waals surface area contributed by atoms with Crippen LogP contribution in [-0.4, -0.2) is 59.0 Å². The number of rotatable bonds is 5. The van der Waals surface area contributed by atoms with Gasteiger partial charge >= 0.3 is 0 Å². The molecule has 3 heterocycles. The van der Waals surface area contributed by atoms with E-state index in [2.05, 4.69) is 14.7 Å². The van der Waals surface area contributed by atoms with Gasteiger partial charge in [-0.3, -0.25) is 9.69 Å². The van der Waals surface area contributed by atoms with Gasteiger partial charge in [0, 0.05) is 38.3 Å². The molecule has 0 aromatic carbocycles. The maximum Gasteiger partial charge on any atom is 0.243 e. The van der Waals surface area contributed by atoms with Crippen molar-refractivity contribution in [3.05, 3.63) is 17.1 Å². The van der Waals surface area contributed by atoms with Crippen molar-refractivity contribution >= 4 is 17.4 Å². The van der Waals surface area contributed by atoms with E-state index in [1.165, 1.54) is 17.1 Å². The molecule has 1 aromatic rings. The van der Waals surface area contributed by atoms with E-state index in [4.69, 9.17) is 4.74 Å². The van der Waals surface area contributed by atoms with Crippen molar-refractivity contribution in [2.45, 2.75) is 37.8 Å². The molecule has 0 bridgehead atoms. The molecule has 2 aliphatic rings. The molecular formula is C15H23N3O2S. The van der Waals surface area contributed by atoms with Crippen LogP contribution in [0.2, 0.25) is 0 Å². The van der Waals surface area contributed by atoms with Gasteiger partial charge in [0.2, 0.25) is 5.91 Å². The van der Waals surface area contributed by atoms with Gasteiger partial charge in [0.25, 0.3) is 0 Å². The average molecular weight is 309 g/mol. The van der Waals surface area contributed by atoms with Gasteiger partial charge < -0.3 is 9.64 Å². The highest BCUT2D eigenvalue weighted by Crippen LogP contribution is 2.39. The van der Waals surface area contributed by atoms with Gasteiger partial charge in [0.15, 0.2) is 0 Å². The highest BCUT2D eigenvalue weighted by atomic mass is 32.1. The number of aromatic nitrogens is 1. The van der Waals surface area contributed by atoms with E-state index in [0.717, 1.165) is 45.3 Å². The Hall–Kier alpha value is -0.980. The molecule has 1 spiro atoms. The Morgan fingerprint density at radius 3 is 2.90 bits per heavy atom. The van der Waals surface area contributed by atoms with Gasteiger partial charge in [-0.05, 0) is 49.3 Å². The number of carbonyl (C=O) groups is 1. The van der Waals surface area contributed by atoms with E-state index in [1.807, 2.05) is 11.1 Å². The highest BCUT2D eigenvalue weighted by molar-refractivity contribution is 7.03. The van der Waals surface area contributed by atoms with Crippen LogP contribution in [0.4, 0.5) is 0 Å². The fourth-order valence-corrected chi connectivity index (χ4v) is 4.22. The summed E-state index contributed by atoms with van der Waals surface area (Å²) in [6, 6.07) is 0. The van der Waals surface area contributed by atoms with E-state index < -0.39 is 0 Å². The molecule has 3 rings (SSSR count). The Labute approximate surface area is 130 Å². The Balaban J connectivity index is 1.75. The van der Waals surface area contributed by atoms with Crippen LogP contribution in [0, 0.1) is 0 Å². The van der Waals surface area contributed by atoms with Crippen molar-refractivity contribution in [1.29, 1.82) is 0 Å². The SMILES string of the molecule is COCCN1CCCC2(CCCN2Cc2cnsc2)C1=O. The summed E-state index contributed by atoms with van der Waals surface area (Å²) in [7, 11) is 1.69. The van der Waals surface area contributed by atoms with Crippen molar-refractivity contribution < 1.29 is 9.53 Å². The van der Waals surface area contributed by atoms with Crippen LogP contribution < -0.4 is 0 Å². The van der Waals surface area contributed by atoms with E-state index >= 15 is 0 Å². The van der Waals surface area contributed by atoms with Crippen molar-refractivity contribution in [1.82, 2.24) is 14.2 Å². The Bertz CT molecular complexity index is 479. The molecule has 6 heteroatoms. The van der Waals surface area contributed by atoms with Crippen molar-refractivity contribution in [2.24, 2.45) is 0 Å². The van der Waals surface area contributed by atoms with Crippen LogP contribution in [0.25, 0.3) is 0 Å². The molecule has 1 aromatic heterocycles. The van der Waals surface area contributed by atoms with Gasteiger partial charge in [0.05, 0.1) is 6.61 Å². The molecule has 1 amide bonds. The van der Waals surface area contributed by atoms with E-state index in [9.17, 15) is 4.79 Å². The Morgan fingerprint density at radius 2 is 2.19 bits per heavy atom. The lowest BCUT2D eigenvalue weighted by Gasteiger charge is -2.44. The first kappa shape index (κ1) is 14.9. The number of hydrogen-bond donors (Lipinski definition) is 0. The first-order valence-electron chi connectivity index (χ1n) is 7.68. The van der Waals surface area contributed by atoms with Crippen LogP contribution in [0.1, 0.15) is 31.2 Å². The number of carbonyl (C=O) groups excluding carboxylic acids is 1.